The number of nitrogens with two attached hydrogens (primary N) is 1. The van der Waals surface area contributed by atoms with Gasteiger partial charge in [-0.05, 0) is 42.8 Å². The van der Waals surface area contributed by atoms with Gasteiger partial charge < -0.3 is 10.5 Å². The minimum absolute atomic E-state index is 0.491. The van der Waals surface area contributed by atoms with E-state index in [0.29, 0.717) is 5.95 Å². The number of imidazole rings is 1. The Morgan fingerprint density at radius 1 is 1.16 bits per heavy atom. The fourth-order valence-electron chi connectivity index (χ4n) is 2.32. The van der Waals surface area contributed by atoms with Gasteiger partial charge in [0.15, 0.2) is 0 Å². The van der Waals surface area contributed by atoms with E-state index in [1.54, 1.807) is 7.11 Å². The first-order chi connectivity index (χ1) is 9.20. The van der Waals surface area contributed by atoms with Crippen molar-refractivity contribution >= 4 is 17.0 Å². The molecule has 0 spiro atoms. The molecule has 1 heterocycles. The van der Waals surface area contributed by atoms with Crippen LogP contribution in [0.25, 0.3) is 16.7 Å². The molecule has 0 atom stereocenters. The van der Waals surface area contributed by atoms with Gasteiger partial charge in [0.2, 0.25) is 5.95 Å². The van der Waals surface area contributed by atoms with Crippen LogP contribution in [0.5, 0.6) is 5.75 Å². The first-order valence-electron chi connectivity index (χ1n) is 6.08. The van der Waals surface area contributed by atoms with Crippen LogP contribution in [-0.2, 0) is 0 Å². The topological polar surface area (TPSA) is 53.1 Å². The molecule has 0 bridgehead atoms. The Morgan fingerprint density at radius 3 is 2.68 bits per heavy atom. The number of aryl methyl sites for hydroxylation is 1. The largest absolute Gasteiger partial charge is 0.496 e. The number of benzene rings is 2. The zero-order valence-electron chi connectivity index (χ0n) is 10.9. The highest BCUT2D eigenvalue weighted by molar-refractivity contribution is 5.80. The van der Waals surface area contributed by atoms with Crippen molar-refractivity contribution in [3.05, 3.63) is 48.0 Å². The zero-order valence-corrected chi connectivity index (χ0v) is 10.9. The number of hydrogen-bond acceptors (Lipinski definition) is 3. The Labute approximate surface area is 111 Å². The van der Waals surface area contributed by atoms with Gasteiger partial charge in [-0.3, -0.25) is 4.57 Å². The number of anilines is 1. The lowest BCUT2D eigenvalue weighted by Gasteiger charge is -2.10. The predicted molar refractivity (Wildman–Crippen MR) is 76.8 cm³/mol. The maximum absolute atomic E-state index is 6.03. The molecule has 3 aromatic rings. The Morgan fingerprint density at radius 2 is 1.95 bits per heavy atom. The summed E-state index contributed by atoms with van der Waals surface area (Å²) in [5, 5.41) is 0. The van der Waals surface area contributed by atoms with E-state index in [9.17, 15) is 0 Å². The lowest BCUT2D eigenvalue weighted by Crippen LogP contribution is -2.01. The summed E-state index contributed by atoms with van der Waals surface area (Å²) < 4.78 is 7.23. The minimum Gasteiger partial charge on any atom is -0.496 e. The Bertz CT molecular complexity index is 746. The van der Waals surface area contributed by atoms with E-state index in [1.807, 2.05) is 54.0 Å². The maximum Gasteiger partial charge on any atom is 0.205 e. The number of methoxy groups -OCH3 is 1. The van der Waals surface area contributed by atoms with Gasteiger partial charge in [-0.2, -0.15) is 0 Å². The molecule has 0 unspecified atom stereocenters. The van der Waals surface area contributed by atoms with Crippen LogP contribution in [0.3, 0.4) is 0 Å². The summed E-state index contributed by atoms with van der Waals surface area (Å²) in [5.41, 5.74) is 9.98. The molecule has 4 nitrogen and oxygen atoms in total. The number of fused-ring (bicyclic) bond motifs is 1. The molecule has 4 heteroatoms. The fraction of sp³-hybridized carbons (Fsp3) is 0.133. The average molecular weight is 253 g/mol. The van der Waals surface area contributed by atoms with Crippen molar-refractivity contribution in [2.75, 3.05) is 12.8 Å². The molecule has 96 valence electrons. The van der Waals surface area contributed by atoms with E-state index in [1.165, 1.54) is 0 Å². The first kappa shape index (κ1) is 11.6. The summed E-state index contributed by atoms with van der Waals surface area (Å²) in [6.45, 7) is 2.01. The molecule has 2 N–H and O–H groups in total. The highest BCUT2D eigenvalue weighted by Gasteiger charge is 2.10. The number of nitrogens with zero attached hydrogens (tertiary/aromatic N) is 2. The summed E-state index contributed by atoms with van der Waals surface area (Å²) >= 11 is 0. The SMILES string of the molecule is COc1ccc(-n2c(N)nc3ccccc32)cc1C. The van der Waals surface area contributed by atoms with Crippen LogP contribution < -0.4 is 10.5 Å². The first-order valence-corrected chi connectivity index (χ1v) is 6.08. The van der Waals surface area contributed by atoms with Gasteiger partial charge >= 0.3 is 0 Å². The fourth-order valence-corrected chi connectivity index (χ4v) is 2.32. The molecule has 0 saturated heterocycles. The van der Waals surface area contributed by atoms with E-state index in [2.05, 4.69) is 4.98 Å². The number of para-hydroxylation sites is 2. The summed E-state index contributed by atoms with van der Waals surface area (Å²) in [6, 6.07) is 13.9. The Balaban J connectivity index is 2.24. The van der Waals surface area contributed by atoms with Crippen LogP contribution in [0.4, 0.5) is 5.95 Å². The van der Waals surface area contributed by atoms with Gasteiger partial charge in [0.05, 0.1) is 18.1 Å². The van der Waals surface area contributed by atoms with Crippen molar-refractivity contribution in [1.29, 1.82) is 0 Å². The molecule has 0 saturated carbocycles. The number of nitrogen functional groups attached to an aromatic ring is 1. The predicted octanol–water partition coefficient (Wildman–Crippen LogP) is 2.92. The van der Waals surface area contributed by atoms with Gasteiger partial charge in [-0.25, -0.2) is 4.98 Å². The van der Waals surface area contributed by atoms with Crippen LogP contribution in [0.15, 0.2) is 42.5 Å². The number of hydrogen-bond donors (Lipinski definition) is 1. The molecule has 0 radical (unpaired) electrons. The molecule has 0 aliphatic heterocycles. The van der Waals surface area contributed by atoms with E-state index < -0.39 is 0 Å². The normalized spacial score (nSPS) is 10.8. The molecule has 0 aliphatic rings. The van der Waals surface area contributed by atoms with Crippen molar-refractivity contribution in [1.82, 2.24) is 9.55 Å². The molecule has 1 aromatic heterocycles. The van der Waals surface area contributed by atoms with Crippen molar-refractivity contribution < 1.29 is 4.74 Å². The monoisotopic (exact) mass is 253 g/mol. The smallest absolute Gasteiger partial charge is 0.205 e. The molecule has 0 amide bonds. The van der Waals surface area contributed by atoms with Crippen molar-refractivity contribution in [3.63, 3.8) is 0 Å². The summed E-state index contributed by atoms with van der Waals surface area (Å²) in [6.07, 6.45) is 0. The van der Waals surface area contributed by atoms with Crippen molar-refractivity contribution in [2.45, 2.75) is 6.92 Å². The molecule has 0 fully saturated rings. The molecule has 2 aromatic carbocycles. The van der Waals surface area contributed by atoms with Gasteiger partial charge in [0.1, 0.15) is 5.75 Å². The third-order valence-electron chi connectivity index (χ3n) is 3.22. The van der Waals surface area contributed by atoms with Crippen LogP contribution in [0, 0.1) is 6.92 Å². The molecular formula is C15H15N3O. The zero-order chi connectivity index (χ0) is 13.4. The number of aromatic nitrogens is 2. The van der Waals surface area contributed by atoms with Crippen LogP contribution >= 0.6 is 0 Å². The van der Waals surface area contributed by atoms with Gasteiger partial charge in [-0.15, -0.1) is 0 Å². The second kappa shape index (κ2) is 4.31. The quantitative estimate of drug-likeness (QED) is 0.764. The third-order valence-corrected chi connectivity index (χ3v) is 3.22. The van der Waals surface area contributed by atoms with Gasteiger partial charge in [0.25, 0.3) is 0 Å². The maximum atomic E-state index is 6.03. The van der Waals surface area contributed by atoms with Gasteiger partial charge in [0, 0.05) is 5.69 Å². The lowest BCUT2D eigenvalue weighted by atomic mass is 10.2. The van der Waals surface area contributed by atoms with Crippen molar-refractivity contribution in [2.24, 2.45) is 0 Å². The van der Waals surface area contributed by atoms with E-state index in [-0.39, 0.29) is 0 Å². The van der Waals surface area contributed by atoms with E-state index in [0.717, 1.165) is 28.0 Å². The molecular weight excluding hydrogens is 238 g/mol. The van der Waals surface area contributed by atoms with Crippen molar-refractivity contribution in [3.8, 4) is 11.4 Å². The number of ether oxygens (including phenoxy) is 1. The van der Waals surface area contributed by atoms with E-state index in [4.69, 9.17) is 10.5 Å². The average Bonchev–Trinajstić information content (AvgIpc) is 2.74. The van der Waals surface area contributed by atoms with E-state index >= 15 is 0 Å². The number of rotatable bonds is 2. The highest BCUT2D eigenvalue weighted by Crippen LogP contribution is 2.26. The molecule has 0 aliphatic carbocycles. The van der Waals surface area contributed by atoms with Crippen LogP contribution in [-0.4, -0.2) is 16.7 Å². The molecule has 3 rings (SSSR count). The third kappa shape index (κ3) is 1.81. The highest BCUT2D eigenvalue weighted by atomic mass is 16.5. The Hall–Kier alpha value is -2.49. The lowest BCUT2D eigenvalue weighted by molar-refractivity contribution is 0.411. The standard InChI is InChI=1S/C15H15N3O/c1-10-9-11(7-8-14(10)19-2)18-13-6-4-3-5-12(13)17-15(18)16/h3-9H,1-2H3,(H2,16,17). The molecule has 19 heavy (non-hydrogen) atoms. The van der Waals surface area contributed by atoms with Crippen LogP contribution in [0.2, 0.25) is 0 Å². The minimum atomic E-state index is 0.491. The van der Waals surface area contributed by atoms with Crippen LogP contribution in [0.1, 0.15) is 5.56 Å². The second-order valence-electron chi connectivity index (χ2n) is 4.45. The summed E-state index contributed by atoms with van der Waals surface area (Å²) in [7, 11) is 1.67. The second-order valence-corrected chi connectivity index (χ2v) is 4.45. The summed E-state index contributed by atoms with van der Waals surface area (Å²) in [5.74, 6) is 1.36. The summed E-state index contributed by atoms with van der Waals surface area (Å²) in [4.78, 5) is 4.37. The van der Waals surface area contributed by atoms with Gasteiger partial charge in [-0.1, -0.05) is 12.1 Å². The Kier molecular flexibility index (Phi) is 2.63.